The van der Waals surface area contributed by atoms with Crippen LogP contribution in [-0.2, 0) is 11.8 Å². The van der Waals surface area contributed by atoms with Crippen molar-refractivity contribution in [3.05, 3.63) is 70.9 Å². The monoisotopic (exact) mass is 331 g/mol. The van der Waals surface area contributed by atoms with Crippen molar-refractivity contribution >= 4 is 17.6 Å². The Morgan fingerprint density at radius 2 is 1.80 bits per heavy atom. The van der Waals surface area contributed by atoms with Crippen molar-refractivity contribution < 1.29 is 4.58 Å². The van der Waals surface area contributed by atoms with E-state index in [1.54, 1.807) is 0 Å². The zero-order chi connectivity index (χ0) is 17.8. The molecule has 0 saturated carbocycles. The van der Waals surface area contributed by atoms with Gasteiger partial charge >= 0.3 is 0 Å². The van der Waals surface area contributed by atoms with Gasteiger partial charge in [0.1, 0.15) is 0 Å². The number of nitrogens with zero attached hydrogens (tertiary/aromatic N) is 2. The number of anilines is 1. The molecule has 2 aromatic carbocycles. The smallest absolute Gasteiger partial charge is 0.208 e. The number of para-hydroxylation sites is 2. The van der Waals surface area contributed by atoms with Gasteiger partial charge in [-0.05, 0) is 25.5 Å². The van der Waals surface area contributed by atoms with E-state index in [-0.39, 0.29) is 5.41 Å². The lowest BCUT2D eigenvalue weighted by Crippen LogP contribution is -2.26. The lowest BCUT2D eigenvalue weighted by molar-refractivity contribution is -0.463. The highest BCUT2D eigenvalue weighted by molar-refractivity contribution is 5.82. The highest BCUT2D eigenvalue weighted by Gasteiger charge is 2.40. The molecule has 0 amide bonds. The molecule has 0 bridgehead atoms. The molecule has 0 radical (unpaired) electrons. The minimum atomic E-state index is 0.0222. The van der Waals surface area contributed by atoms with E-state index in [4.69, 9.17) is 0 Å². The third-order valence-electron chi connectivity index (χ3n) is 5.83. The molecule has 2 heterocycles. The molecule has 2 aromatic rings. The molecule has 0 aromatic heterocycles. The van der Waals surface area contributed by atoms with Gasteiger partial charge in [-0.1, -0.05) is 50.2 Å². The Morgan fingerprint density at radius 3 is 2.56 bits per heavy atom. The fourth-order valence-corrected chi connectivity index (χ4v) is 4.78. The molecule has 1 atom stereocenters. The topological polar surface area (TPSA) is 6.25 Å². The molecule has 0 N–H and O–H groups in total. The third-order valence-corrected chi connectivity index (χ3v) is 5.83. The Morgan fingerprint density at radius 1 is 1.12 bits per heavy atom. The number of benzene rings is 2. The largest absolute Gasteiger partial charge is 0.347 e. The van der Waals surface area contributed by atoms with Crippen LogP contribution >= 0.6 is 0 Å². The maximum absolute atomic E-state index is 2.45. The molecule has 4 rings (SSSR count). The maximum atomic E-state index is 2.45. The first-order valence-electron chi connectivity index (χ1n) is 9.17. The molecule has 0 aliphatic carbocycles. The standard InChI is InChI=1S/C23H27N2/c1-16(15-25-17(2)14-18-10-6-8-12-20(18)25)22-23(3,4)19-11-7-9-13-21(19)24(22)5/h6-13,15,17H,14H2,1-5H3/q+1. The van der Waals surface area contributed by atoms with E-state index in [9.17, 15) is 0 Å². The second kappa shape index (κ2) is 5.59. The van der Waals surface area contributed by atoms with E-state index in [2.05, 4.69) is 99.0 Å². The Balaban J connectivity index is 1.85. The summed E-state index contributed by atoms with van der Waals surface area (Å²) in [5.41, 5.74) is 8.30. The summed E-state index contributed by atoms with van der Waals surface area (Å²) in [4.78, 5) is 2.37. The van der Waals surface area contributed by atoms with Crippen molar-refractivity contribution in [3.63, 3.8) is 0 Å². The molecule has 128 valence electrons. The van der Waals surface area contributed by atoms with Gasteiger partial charge in [0.15, 0.2) is 12.3 Å². The highest BCUT2D eigenvalue weighted by atomic mass is 15.2. The van der Waals surface area contributed by atoms with Gasteiger partial charge in [-0.25, -0.2) is 0 Å². The Labute approximate surface area is 151 Å². The zero-order valence-electron chi connectivity index (χ0n) is 15.9. The number of hydrogen-bond acceptors (Lipinski definition) is 1. The van der Waals surface area contributed by atoms with Crippen molar-refractivity contribution in [3.8, 4) is 0 Å². The third kappa shape index (κ3) is 2.35. The molecule has 25 heavy (non-hydrogen) atoms. The number of likely N-dealkylation sites (N-methyl/N-ethyl adjacent to an activating group) is 1. The van der Waals surface area contributed by atoms with Crippen molar-refractivity contribution in [2.24, 2.45) is 0 Å². The quantitative estimate of drug-likeness (QED) is 0.663. The van der Waals surface area contributed by atoms with E-state index in [0.717, 1.165) is 6.42 Å². The van der Waals surface area contributed by atoms with E-state index < -0.39 is 0 Å². The van der Waals surface area contributed by atoms with E-state index in [1.165, 1.54) is 33.8 Å². The van der Waals surface area contributed by atoms with Gasteiger partial charge < -0.3 is 4.90 Å². The van der Waals surface area contributed by atoms with Crippen LogP contribution in [0.5, 0.6) is 0 Å². The summed E-state index contributed by atoms with van der Waals surface area (Å²) < 4.78 is 2.45. The lowest BCUT2D eigenvalue weighted by Gasteiger charge is -2.25. The molecular formula is C23H27N2+. The van der Waals surface area contributed by atoms with Crippen LogP contribution in [0.4, 0.5) is 11.4 Å². The maximum Gasteiger partial charge on any atom is 0.208 e. The van der Waals surface area contributed by atoms with Crippen LogP contribution in [0.15, 0.2) is 59.8 Å². The summed E-state index contributed by atoms with van der Waals surface area (Å²) >= 11 is 0. The van der Waals surface area contributed by atoms with Crippen LogP contribution in [0, 0.1) is 0 Å². The van der Waals surface area contributed by atoms with Crippen LogP contribution in [0.25, 0.3) is 0 Å². The van der Waals surface area contributed by atoms with Gasteiger partial charge in [-0.15, -0.1) is 0 Å². The van der Waals surface area contributed by atoms with Crippen LogP contribution < -0.4 is 4.90 Å². The highest BCUT2D eigenvalue weighted by Crippen LogP contribution is 2.47. The first kappa shape index (κ1) is 16.1. The van der Waals surface area contributed by atoms with Crippen molar-refractivity contribution in [2.75, 3.05) is 11.9 Å². The fourth-order valence-electron chi connectivity index (χ4n) is 4.78. The number of fused-ring (bicyclic) bond motifs is 2. The Hall–Kier alpha value is -2.35. The van der Waals surface area contributed by atoms with Crippen LogP contribution in [-0.4, -0.2) is 23.9 Å². The van der Waals surface area contributed by atoms with Crippen LogP contribution in [0.2, 0.25) is 0 Å². The zero-order valence-corrected chi connectivity index (χ0v) is 15.9. The molecule has 0 fully saturated rings. The summed E-state index contributed by atoms with van der Waals surface area (Å²) in [5, 5.41) is 0. The van der Waals surface area contributed by atoms with Gasteiger partial charge in [0.2, 0.25) is 5.69 Å². The summed E-state index contributed by atoms with van der Waals surface area (Å²) in [6.45, 7) is 9.24. The molecular weight excluding hydrogens is 304 g/mol. The average molecular weight is 331 g/mol. The van der Waals surface area contributed by atoms with Gasteiger partial charge in [-0.3, -0.25) is 0 Å². The Kier molecular flexibility index (Phi) is 3.61. The molecule has 2 aliphatic rings. The van der Waals surface area contributed by atoms with Crippen molar-refractivity contribution in [2.45, 2.75) is 45.6 Å². The number of allylic oxidation sites excluding steroid dienone is 2. The summed E-state index contributed by atoms with van der Waals surface area (Å²) in [7, 11) is 2.20. The van der Waals surface area contributed by atoms with Gasteiger partial charge in [0, 0.05) is 47.5 Å². The molecule has 2 aliphatic heterocycles. The first-order valence-corrected chi connectivity index (χ1v) is 9.17. The predicted molar refractivity (Wildman–Crippen MR) is 106 cm³/mol. The SMILES string of the molecule is CC(C=[N+]1c2ccccc2CC1C)=C1N(C)c2ccccc2C1(C)C. The summed E-state index contributed by atoms with van der Waals surface area (Å²) in [6, 6.07) is 18.1. The minimum absolute atomic E-state index is 0.0222. The van der Waals surface area contributed by atoms with Crippen molar-refractivity contribution in [1.29, 1.82) is 0 Å². The molecule has 0 spiro atoms. The molecule has 0 saturated heterocycles. The first-order chi connectivity index (χ1) is 11.9. The molecule has 2 heteroatoms. The second-order valence-corrected chi connectivity index (χ2v) is 7.95. The second-order valence-electron chi connectivity index (χ2n) is 7.95. The van der Waals surface area contributed by atoms with E-state index in [0.29, 0.717) is 6.04 Å². The predicted octanol–water partition coefficient (Wildman–Crippen LogP) is 5.05. The molecule has 2 nitrogen and oxygen atoms in total. The molecule has 1 unspecified atom stereocenters. The number of rotatable bonds is 1. The van der Waals surface area contributed by atoms with E-state index in [1.807, 2.05) is 0 Å². The van der Waals surface area contributed by atoms with Gasteiger partial charge in [-0.2, -0.15) is 4.58 Å². The lowest BCUT2D eigenvalue weighted by atomic mass is 9.82. The van der Waals surface area contributed by atoms with Gasteiger partial charge in [0.05, 0.1) is 0 Å². The summed E-state index contributed by atoms with van der Waals surface area (Å²) in [5.74, 6) is 0. The fraction of sp³-hybridized carbons (Fsp3) is 0.348. The van der Waals surface area contributed by atoms with Gasteiger partial charge in [0.25, 0.3) is 0 Å². The van der Waals surface area contributed by atoms with E-state index >= 15 is 0 Å². The summed E-state index contributed by atoms with van der Waals surface area (Å²) in [6.07, 6.45) is 3.48. The van der Waals surface area contributed by atoms with Crippen molar-refractivity contribution in [1.82, 2.24) is 0 Å². The van der Waals surface area contributed by atoms with Crippen LogP contribution in [0.3, 0.4) is 0 Å². The number of hydrogen-bond donors (Lipinski definition) is 0. The van der Waals surface area contributed by atoms with Crippen LogP contribution in [0.1, 0.15) is 38.8 Å². The average Bonchev–Trinajstić information content (AvgIpc) is 3.00. The Bertz CT molecular complexity index is 902. The normalized spacial score (nSPS) is 24.4. The minimum Gasteiger partial charge on any atom is -0.347 e.